The average Bonchev–Trinajstić information content (AvgIpc) is 3.44. The molecule has 0 aliphatic carbocycles. The molecule has 2 heteroatoms. The summed E-state index contributed by atoms with van der Waals surface area (Å²) in [4.78, 5) is 4.73. The molecule has 0 amide bonds. The van der Waals surface area contributed by atoms with Gasteiger partial charge in [0, 0.05) is 33.8 Å². The third-order valence-electron chi connectivity index (χ3n) is 13.5. The summed E-state index contributed by atoms with van der Waals surface area (Å²) in [5.41, 5.74) is 18.5. The number of anilines is 6. The van der Waals surface area contributed by atoms with E-state index in [1.165, 1.54) is 66.1 Å². The largest absolute Gasteiger partial charge is 0.311 e. The van der Waals surface area contributed by atoms with Crippen LogP contribution in [-0.4, -0.2) is 0 Å². The van der Waals surface area contributed by atoms with Gasteiger partial charge in [-0.2, -0.15) is 0 Å². The molecule has 70 heavy (non-hydrogen) atoms. The molecule has 0 spiro atoms. The van der Waals surface area contributed by atoms with Crippen molar-refractivity contribution in [2.24, 2.45) is 0 Å². The molecule has 12 aromatic rings. The summed E-state index contributed by atoms with van der Waals surface area (Å²) in [6.07, 6.45) is 0. The van der Waals surface area contributed by atoms with Crippen molar-refractivity contribution >= 4 is 55.7 Å². The second-order valence-electron chi connectivity index (χ2n) is 17.7. The van der Waals surface area contributed by atoms with Gasteiger partial charge in [-0.1, -0.05) is 218 Å². The molecule has 0 aliphatic rings. The lowest BCUT2D eigenvalue weighted by atomic mass is 9.98. The first-order valence-electron chi connectivity index (χ1n) is 24.0. The predicted molar refractivity (Wildman–Crippen MR) is 298 cm³/mol. The van der Waals surface area contributed by atoms with E-state index in [9.17, 15) is 0 Å². The van der Waals surface area contributed by atoms with Gasteiger partial charge in [-0.05, 0) is 145 Å². The highest BCUT2D eigenvalue weighted by molar-refractivity contribution is 6.00. The second kappa shape index (κ2) is 18.8. The first kappa shape index (κ1) is 42.1. The zero-order valence-corrected chi connectivity index (χ0v) is 38.6. The van der Waals surface area contributed by atoms with Gasteiger partial charge in [0.1, 0.15) is 0 Å². The van der Waals surface area contributed by atoms with Crippen LogP contribution >= 0.6 is 0 Å². The molecule has 0 atom stereocenters. The smallest absolute Gasteiger partial charge is 0.0540 e. The van der Waals surface area contributed by atoms with Crippen molar-refractivity contribution in [2.45, 2.75) is 0 Å². The Balaban J connectivity index is 0.869. The fourth-order valence-corrected chi connectivity index (χ4v) is 9.90. The number of rotatable bonds is 11. The van der Waals surface area contributed by atoms with E-state index in [1.807, 2.05) is 0 Å². The lowest BCUT2D eigenvalue weighted by molar-refractivity contribution is 1.28. The molecule has 12 aromatic carbocycles. The van der Waals surface area contributed by atoms with E-state index < -0.39 is 0 Å². The van der Waals surface area contributed by atoms with Crippen molar-refractivity contribution in [1.82, 2.24) is 0 Å². The SMILES string of the molecule is c1ccc(-c2ccc(N(c3ccc(-c4ccc(N(c5ccc(-c6cccc(-c7ccccc7)c6)cc5)c5cccc6ccccc56)cc4)cc3)c3ccc(-c4cccc5ccccc45)cc3)cc2)cc1. The van der Waals surface area contributed by atoms with Crippen molar-refractivity contribution < 1.29 is 0 Å². The van der Waals surface area contributed by atoms with E-state index in [2.05, 4.69) is 301 Å². The maximum atomic E-state index is 2.38. The molecule has 0 N–H and O–H groups in total. The molecule has 0 unspecified atom stereocenters. The zero-order valence-electron chi connectivity index (χ0n) is 38.6. The van der Waals surface area contributed by atoms with E-state index in [4.69, 9.17) is 0 Å². The predicted octanol–water partition coefficient (Wildman–Crippen LogP) is 19.3. The van der Waals surface area contributed by atoms with Gasteiger partial charge in [0.05, 0.1) is 5.69 Å². The van der Waals surface area contributed by atoms with Crippen LogP contribution in [0.1, 0.15) is 0 Å². The van der Waals surface area contributed by atoms with Gasteiger partial charge < -0.3 is 9.80 Å². The molecule has 330 valence electrons. The molecule has 0 saturated carbocycles. The first-order chi connectivity index (χ1) is 34.7. The Bertz CT molecular complexity index is 3700. The van der Waals surface area contributed by atoms with Crippen molar-refractivity contribution in [1.29, 1.82) is 0 Å². The van der Waals surface area contributed by atoms with Gasteiger partial charge in [0.15, 0.2) is 0 Å². The Morgan fingerprint density at radius 2 is 0.500 bits per heavy atom. The molecule has 0 bridgehead atoms. The number of fused-ring (bicyclic) bond motifs is 2. The van der Waals surface area contributed by atoms with E-state index in [-0.39, 0.29) is 0 Å². The van der Waals surface area contributed by atoms with E-state index in [1.54, 1.807) is 0 Å². The van der Waals surface area contributed by atoms with Crippen LogP contribution in [0.5, 0.6) is 0 Å². The number of benzene rings is 12. The van der Waals surface area contributed by atoms with Crippen LogP contribution in [0.15, 0.2) is 291 Å². The van der Waals surface area contributed by atoms with Crippen LogP contribution in [-0.2, 0) is 0 Å². The standard InChI is InChI=1S/C68H48N2/c1-3-14-49(15-4-1)51-28-38-60(39-29-51)69(62-46-36-57(37-47-62)66-26-12-20-55-18-7-9-24-65(55)66)61-40-30-52(31-41-61)53-32-42-63(43-33-53)70(68-27-13-21-56-19-8-10-25-67(56)68)64-44-34-54(35-45-64)59-23-11-22-58(48-59)50-16-5-2-6-17-50/h1-48H. The minimum atomic E-state index is 1.09. The van der Waals surface area contributed by atoms with Crippen molar-refractivity contribution in [3.05, 3.63) is 291 Å². The van der Waals surface area contributed by atoms with Crippen molar-refractivity contribution in [3.8, 4) is 55.6 Å². The summed E-state index contributed by atoms with van der Waals surface area (Å²) in [6.45, 7) is 0. The highest BCUT2D eigenvalue weighted by Gasteiger charge is 2.18. The molecule has 12 rings (SSSR count). The third-order valence-corrected chi connectivity index (χ3v) is 13.5. The maximum absolute atomic E-state index is 2.38. The van der Waals surface area contributed by atoms with E-state index >= 15 is 0 Å². The summed E-state index contributed by atoms with van der Waals surface area (Å²) < 4.78 is 0. The zero-order chi connectivity index (χ0) is 46.6. The summed E-state index contributed by atoms with van der Waals surface area (Å²) in [6, 6.07) is 105. The van der Waals surface area contributed by atoms with Gasteiger partial charge in [-0.3, -0.25) is 0 Å². The molecule has 0 radical (unpaired) electrons. The molecular weight excluding hydrogens is 845 g/mol. The van der Waals surface area contributed by atoms with E-state index in [0.29, 0.717) is 0 Å². The van der Waals surface area contributed by atoms with Crippen LogP contribution in [0, 0.1) is 0 Å². The topological polar surface area (TPSA) is 6.48 Å². The summed E-state index contributed by atoms with van der Waals surface area (Å²) >= 11 is 0. The lowest BCUT2D eigenvalue weighted by Gasteiger charge is -2.27. The Morgan fingerprint density at radius 1 is 0.186 bits per heavy atom. The monoisotopic (exact) mass is 892 g/mol. The molecule has 0 aromatic heterocycles. The highest BCUT2D eigenvalue weighted by atomic mass is 15.1. The summed E-state index contributed by atoms with van der Waals surface area (Å²) in [5.74, 6) is 0. The van der Waals surface area contributed by atoms with Gasteiger partial charge in [-0.15, -0.1) is 0 Å². The quantitative estimate of drug-likeness (QED) is 0.128. The van der Waals surface area contributed by atoms with E-state index in [0.717, 1.165) is 45.3 Å². The van der Waals surface area contributed by atoms with Gasteiger partial charge in [-0.25, -0.2) is 0 Å². The van der Waals surface area contributed by atoms with Gasteiger partial charge in [0.25, 0.3) is 0 Å². The molecule has 0 heterocycles. The molecule has 0 aliphatic heterocycles. The Labute approximate surface area is 410 Å². The number of nitrogens with zero attached hydrogens (tertiary/aromatic N) is 2. The van der Waals surface area contributed by atoms with Crippen LogP contribution in [0.25, 0.3) is 77.2 Å². The van der Waals surface area contributed by atoms with Gasteiger partial charge in [0.2, 0.25) is 0 Å². The van der Waals surface area contributed by atoms with Crippen LogP contribution in [0.3, 0.4) is 0 Å². The Hall–Kier alpha value is -9.24. The fourth-order valence-electron chi connectivity index (χ4n) is 9.90. The normalized spacial score (nSPS) is 11.1. The summed E-state index contributed by atoms with van der Waals surface area (Å²) in [5, 5.41) is 4.91. The highest BCUT2D eigenvalue weighted by Crippen LogP contribution is 2.42. The second-order valence-corrected chi connectivity index (χ2v) is 17.7. The molecule has 0 saturated heterocycles. The maximum Gasteiger partial charge on any atom is 0.0540 e. The molecular formula is C68H48N2. The average molecular weight is 893 g/mol. The van der Waals surface area contributed by atoms with Crippen LogP contribution < -0.4 is 9.80 Å². The first-order valence-corrected chi connectivity index (χ1v) is 24.0. The van der Waals surface area contributed by atoms with Crippen molar-refractivity contribution in [3.63, 3.8) is 0 Å². The van der Waals surface area contributed by atoms with Crippen molar-refractivity contribution in [2.75, 3.05) is 9.80 Å². The minimum absolute atomic E-state index is 1.09. The van der Waals surface area contributed by atoms with Crippen LogP contribution in [0.4, 0.5) is 34.1 Å². The fraction of sp³-hybridized carbons (Fsp3) is 0. The minimum Gasteiger partial charge on any atom is -0.311 e. The van der Waals surface area contributed by atoms with Gasteiger partial charge >= 0.3 is 0 Å². The number of hydrogen-bond acceptors (Lipinski definition) is 2. The molecule has 0 fully saturated rings. The Morgan fingerprint density at radius 3 is 1.00 bits per heavy atom. The molecule has 2 nitrogen and oxygen atoms in total. The number of hydrogen-bond donors (Lipinski definition) is 0. The van der Waals surface area contributed by atoms with Crippen LogP contribution in [0.2, 0.25) is 0 Å². The Kier molecular flexibility index (Phi) is 11.3. The third kappa shape index (κ3) is 8.40. The lowest BCUT2D eigenvalue weighted by Crippen LogP contribution is -2.10. The summed E-state index contributed by atoms with van der Waals surface area (Å²) in [7, 11) is 0.